The second-order valence-corrected chi connectivity index (χ2v) is 7.03. The number of hydrogen-bond acceptors (Lipinski definition) is 4. The quantitative estimate of drug-likeness (QED) is 0.833. The third-order valence-corrected chi connectivity index (χ3v) is 4.49. The predicted molar refractivity (Wildman–Crippen MR) is 76.8 cm³/mol. The summed E-state index contributed by atoms with van der Waals surface area (Å²) >= 11 is 5.76. The average Bonchev–Trinajstić information content (AvgIpc) is 2.69. The van der Waals surface area contributed by atoms with E-state index in [0.29, 0.717) is 0 Å². The fraction of sp³-hybridized carbons (Fsp3) is 0.333. The molecular formula is C12H12ClFN2O5S. The van der Waals surface area contributed by atoms with Crippen molar-refractivity contribution in [2.45, 2.75) is 6.42 Å². The number of hydrogen-bond donors (Lipinski definition) is 2. The van der Waals surface area contributed by atoms with E-state index in [9.17, 15) is 22.4 Å². The van der Waals surface area contributed by atoms with Crippen molar-refractivity contribution in [2.24, 2.45) is 11.1 Å². The molecule has 22 heavy (non-hydrogen) atoms. The van der Waals surface area contributed by atoms with E-state index in [1.54, 1.807) is 0 Å². The number of carboxylic acids is 1. The van der Waals surface area contributed by atoms with Gasteiger partial charge in [-0.2, -0.15) is 0 Å². The highest BCUT2D eigenvalue weighted by Crippen LogP contribution is 2.34. The van der Waals surface area contributed by atoms with Crippen LogP contribution in [0.5, 0.6) is 0 Å². The van der Waals surface area contributed by atoms with Crippen LogP contribution in [-0.4, -0.2) is 37.7 Å². The van der Waals surface area contributed by atoms with Gasteiger partial charge in [-0.25, -0.2) is 22.7 Å². The molecule has 7 nitrogen and oxygen atoms in total. The molecule has 1 aliphatic rings. The predicted octanol–water partition coefficient (Wildman–Crippen LogP) is 0.819. The van der Waals surface area contributed by atoms with Gasteiger partial charge in [0, 0.05) is 18.9 Å². The number of carboxylic acid groups (broad SMARTS) is 1. The Labute approximate surface area is 130 Å². The van der Waals surface area contributed by atoms with Crippen LogP contribution in [0.25, 0.3) is 0 Å². The molecule has 2 rings (SSSR count). The third-order valence-electron chi connectivity index (χ3n) is 3.23. The van der Waals surface area contributed by atoms with Crippen molar-refractivity contribution in [1.82, 2.24) is 0 Å². The van der Waals surface area contributed by atoms with Gasteiger partial charge in [-0.3, -0.25) is 4.79 Å². The van der Waals surface area contributed by atoms with Crippen molar-refractivity contribution in [2.75, 3.05) is 17.2 Å². The number of benzene rings is 1. The first-order valence-corrected chi connectivity index (χ1v) is 8.21. The van der Waals surface area contributed by atoms with Crippen molar-refractivity contribution in [3.63, 3.8) is 0 Å². The number of nitrogens with zero attached hydrogens (tertiary/aromatic N) is 1. The first-order chi connectivity index (χ1) is 10.1. The van der Waals surface area contributed by atoms with Gasteiger partial charge in [0.2, 0.25) is 15.9 Å². The summed E-state index contributed by atoms with van der Waals surface area (Å²) in [7, 11) is -3.80. The van der Waals surface area contributed by atoms with Crippen LogP contribution in [0.1, 0.15) is 16.8 Å². The normalized spacial score (nSPS) is 18.8. The average molecular weight is 351 g/mol. The first-order valence-electron chi connectivity index (χ1n) is 6.12. The molecule has 1 atom stereocenters. The molecule has 0 saturated carbocycles. The molecule has 0 aromatic heterocycles. The summed E-state index contributed by atoms with van der Waals surface area (Å²) in [5.41, 5.74) is -0.992. The molecule has 10 heteroatoms. The smallest absolute Gasteiger partial charge is 0.339 e. The van der Waals surface area contributed by atoms with Gasteiger partial charge in [0.05, 0.1) is 16.5 Å². The number of primary sulfonamides is 1. The SMILES string of the molecule is NS(=O)(=O)CC1CC(=O)N(c2c(F)ccc(Cl)c2C(=O)O)C1. The summed E-state index contributed by atoms with van der Waals surface area (Å²) in [6, 6.07) is 2.02. The molecule has 0 aliphatic carbocycles. The highest BCUT2D eigenvalue weighted by molar-refractivity contribution is 7.89. The van der Waals surface area contributed by atoms with Crippen LogP contribution >= 0.6 is 11.6 Å². The summed E-state index contributed by atoms with van der Waals surface area (Å²) in [5.74, 6) is -4.08. The fourth-order valence-electron chi connectivity index (χ4n) is 2.45. The summed E-state index contributed by atoms with van der Waals surface area (Å²) in [5, 5.41) is 13.9. The van der Waals surface area contributed by atoms with Gasteiger partial charge in [0.25, 0.3) is 0 Å². The Bertz CT molecular complexity index is 752. The molecule has 1 aromatic carbocycles. The van der Waals surface area contributed by atoms with E-state index in [1.807, 2.05) is 0 Å². The largest absolute Gasteiger partial charge is 0.478 e. The Morgan fingerprint density at radius 1 is 1.50 bits per heavy atom. The van der Waals surface area contributed by atoms with Crippen molar-refractivity contribution >= 4 is 39.2 Å². The zero-order valence-corrected chi connectivity index (χ0v) is 12.7. The van der Waals surface area contributed by atoms with Crippen LogP contribution in [-0.2, 0) is 14.8 Å². The Morgan fingerprint density at radius 2 is 2.14 bits per heavy atom. The van der Waals surface area contributed by atoms with E-state index in [0.717, 1.165) is 17.0 Å². The maximum Gasteiger partial charge on any atom is 0.339 e. The Hall–Kier alpha value is -1.71. The zero-order valence-electron chi connectivity index (χ0n) is 11.1. The van der Waals surface area contributed by atoms with E-state index in [4.69, 9.17) is 21.8 Å². The fourth-order valence-corrected chi connectivity index (χ4v) is 3.56. The van der Waals surface area contributed by atoms with Crippen LogP contribution in [0.15, 0.2) is 12.1 Å². The molecule has 0 radical (unpaired) electrons. The number of anilines is 1. The maximum absolute atomic E-state index is 14.0. The standard InChI is InChI=1S/C12H12ClFN2O5S/c13-7-1-2-8(14)11(10(7)12(18)19)16-4-6(3-9(16)17)5-22(15,20)21/h1-2,6H,3-5H2,(H,18,19)(H2,15,20,21). The second-order valence-electron chi connectivity index (χ2n) is 4.96. The number of sulfonamides is 1. The molecule has 1 aromatic rings. The molecule has 3 N–H and O–H groups in total. The van der Waals surface area contributed by atoms with Gasteiger partial charge in [-0.05, 0) is 12.1 Å². The highest BCUT2D eigenvalue weighted by atomic mass is 35.5. The van der Waals surface area contributed by atoms with Crippen LogP contribution in [0.2, 0.25) is 5.02 Å². The minimum Gasteiger partial charge on any atom is -0.478 e. The van der Waals surface area contributed by atoms with Crippen molar-refractivity contribution in [3.05, 3.63) is 28.5 Å². The topological polar surface area (TPSA) is 118 Å². The lowest BCUT2D eigenvalue weighted by atomic mass is 10.1. The minimum absolute atomic E-state index is 0.146. The van der Waals surface area contributed by atoms with Crippen LogP contribution < -0.4 is 10.0 Å². The van der Waals surface area contributed by atoms with Crippen molar-refractivity contribution < 1.29 is 27.5 Å². The van der Waals surface area contributed by atoms with E-state index < -0.39 is 50.6 Å². The van der Waals surface area contributed by atoms with E-state index in [1.165, 1.54) is 0 Å². The molecular weight excluding hydrogens is 339 g/mol. The van der Waals surface area contributed by atoms with Gasteiger partial charge in [-0.1, -0.05) is 11.6 Å². The minimum atomic E-state index is -3.80. The van der Waals surface area contributed by atoms with E-state index >= 15 is 0 Å². The van der Waals surface area contributed by atoms with Crippen LogP contribution in [0, 0.1) is 11.7 Å². The Morgan fingerprint density at radius 3 is 2.68 bits per heavy atom. The number of carbonyl (C=O) groups excluding carboxylic acids is 1. The second kappa shape index (κ2) is 5.82. The molecule has 0 spiro atoms. The number of rotatable bonds is 4. The molecule has 1 heterocycles. The number of aromatic carboxylic acids is 1. The van der Waals surface area contributed by atoms with Gasteiger partial charge >= 0.3 is 5.97 Å². The van der Waals surface area contributed by atoms with Crippen LogP contribution in [0.3, 0.4) is 0 Å². The van der Waals surface area contributed by atoms with Crippen LogP contribution in [0.4, 0.5) is 10.1 Å². The monoisotopic (exact) mass is 350 g/mol. The lowest BCUT2D eigenvalue weighted by Gasteiger charge is -2.20. The molecule has 1 amide bonds. The number of nitrogens with two attached hydrogens (primary N) is 1. The first kappa shape index (κ1) is 16.7. The van der Waals surface area contributed by atoms with Gasteiger partial charge in [0.1, 0.15) is 11.4 Å². The number of halogens is 2. The van der Waals surface area contributed by atoms with Crippen molar-refractivity contribution in [1.29, 1.82) is 0 Å². The molecule has 1 unspecified atom stereocenters. The summed E-state index contributed by atoms with van der Waals surface area (Å²) in [6.07, 6.45) is -0.165. The Kier molecular flexibility index (Phi) is 4.41. The Balaban J connectivity index is 2.43. The van der Waals surface area contributed by atoms with Gasteiger partial charge in [0.15, 0.2) is 0 Å². The molecule has 1 aliphatic heterocycles. The van der Waals surface area contributed by atoms with E-state index in [2.05, 4.69) is 0 Å². The zero-order chi connectivity index (χ0) is 16.7. The summed E-state index contributed by atoms with van der Waals surface area (Å²) in [4.78, 5) is 24.2. The molecule has 1 fully saturated rings. The highest BCUT2D eigenvalue weighted by Gasteiger charge is 2.36. The maximum atomic E-state index is 14.0. The summed E-state index contributed by atoms with van der Waals surface area (Å²) < 4.78 is 36.2. The summed E-state index contributed by atoms with van der Waals surface area (Å²) in [6.45, 7) is -0.146. The van der Waals surface area contributed by atoms with Crippen molar-refractivity contribution in [3.8, 4) is 0 Å². The van der Waals surface area contributed by atoms with Gasteiger partial charge in [-0.15, -0.1) is 0 Å². The lowest BCUT2D eigenvalue weighted by Crippen LogP contribution is -2.29. The van der Waals surface area contributed by atoms with E-state index in [-0.39, 0.29) is 18.0 Å². The number of carbonyl (C=O) groups is 2. The van der Waals surface area contributed by atoms with Gasteiger partial charge < -0.3 is 10.0 Å². The number of amides is 1. The third kappa shape index (κ3) is 3.37. The molecule has 120 valence electrons. The lowest BCUT2D eigenvalue weighted by molar-refractivity contribution is -0.117. The molecule has 1 saturated heterocycles. The molecule has 0 bridgehead atoms.